The Kier molecular flexibility index (Phi) is 4.65. The van der Waals surface area contributed by atoms with Gasteiger partial charge in [-0.3, -0.25) is 0 Å². The van der Waals surface area contributed by atoms with E-state index in [9.17, 15) is 5.11 Å². The molecule has 1 saturated carbocycles. The first-order valence-corrected chi connectivity index (χ1v) is 6.98. The van der Waals surface area contributed by atoms with Gasteiger partial charge in [0.2, 0.25) is 17.7 Å². The van der Waals surface area contributed by atoms with Crippen molar-refractivity contribution in [3.05, 3.63) is 6.07 Å². The van der Waals surface area contributed by atoms with Crippen LogP contribution in [0, 0.1) is 5.92 Å². The molecule has 2 unspecified atom stereocenters. The molecule has 1 aliphatic carbocycles. The quantitative estimate of drug-likeness (QED) is 0.857. The van der Waals surface area contributed by atoms with E-state index in [1.54, 1.807) is 20.3 Å². The molecule has 0 spiro atoms. The molecule has 6 nitrogen and oxygen atoms in total. The first kappa shape index (κ1) is 14.8. The minimum Gasteiger partial charge on any atom is -0.481 e. The topological polar surface area (TPSA) is 76.5 Å². The van der Waals surface area contributed by atoms with E-state index >= 15 is 0 Å². The number of ether oxygens (including phenoxy) is 2. The van der Waals surface area contributed by atoms with Gasteiger partial charge in [-0.2, -0.15) is 9.97 Å². The van der Waals surface area contributed by atoms with Gasteiger partial charge < -0.3 is 19.9 Å². The molecule has 2 rings (SSSR count). The van der Waals surface area contributed by atoms with Gasteiger partial charge in [0.25, 0.3) is 0 Å². The van der Waals surface area contributed by atoms with Gasteiger partial charge in [-0.25, -0.2) is 0 Å². The molecule has 1 fully saturated rings. The van der Waals surface area contributed by atoms with E-state index in [1.807, 2.05) is 0 Å². The summed E-state index contributed by atoms with van der Waals surface area (Å²) in [6.45, 7) is 2.61. The number of rotatable bonds is 5. The summed E-state index contributed by atoms with van der Waals surface area (Å²) in [6, 6.07) is 1.61. The molecule has 0 bridgehead atoms. The summed E-state index contributed by atoms with van der Waals surface area (Å²) >= 11 is 0. The fourth-order valence-corrected chi connectivity index (χ4v) is 2.73. The summed E-state index contributed by atoms with van der Waals surface area (Å²) in [5, 5.41) is 13.7. The van der Waals surface area contributed by atoms with Gasteiger partial charge in [0.05, 0.1) is 25.9 Å². The van der Waals surface area contributed by atoms with Gasteiger partial charge in [0.1, 0.15) is 0 Å². The van der Waals surface area contributed by atoms with Crippen molar-refractivity contribution >= 4 is 5.95 Å². The molecule has 1 aliphatic rings. The maximum atomic E-state index is 10.6. The number of nitrogens with one attached hydrogen (secondary N) is 1. The van der Waals surface area contributed by atoms with Gasteiger partial charge in [-0.15, -0.1) is 0 Å². The Bertz CT molecular complexity index is 433. The third kappa shape index (κ3) is 3.72. The lowest BCUT2D eigenvalue weighted by molar-refractivity contribution is -0.000917. The fraction of sp³-hybridized carbons (Fsp3) is 0.714. The Morgan fingerprint density at radius 3 is 2.55 bits per heavy atom. The van der Waals surface area contributed by atoms with Crippen molar-refractivity contribution in [2.45, 2.75) is 38.2 Å². The van der Waals surface area contributed by atoms with Crippen molar-refractivity contribution in [3.8, 4) is 11.8 Å². The molecule has 0 aromatic carbocycles. The molecule has 0 radical (unpaired) electrons. The van der Waals surface area contributed by atoms with Crippen LogP contribution in [0.5, 0.6) is 11.8 Å². The van der Waals surface area contributed by atoms with E-state index in [1.165, 1.54) is 6.42 Å². The van der Waals surface area contributed by atoms with Crippen molar-refractivity contribution < 1.29 is 14.6 Å². The summed E-state index contributed by atoms with van der Waals surface area (Å²) in [5.41, 5.74) is -0.683. The average molecular weight is 281 g/mol. The third-order valence-corrected chi connectivity index (χ3v) is 3.74. The third-order valence-electron chi connectivity index (χ3n) is 3.74. The van der Waals surface area contributed by atoms with E-state index in [-0.39, 0.29) is 0 Å². The van der Waals surface area contributed by atoms with Gasteiger partial charge in [-0.1, -0.05) is 19.8 Å². The largest absolute Gasteiger partial charge is 0.481 e. The number of hydrogen-bond donors (Lipinski definition) is 2. The molecular formula is C14H23N3O3. The van der Waals surface area contributed by atoms with Crippen LogP contribution in [0.4, 0.5) is 5.95 Å². The van der Waals surface area contributed by atoms with Gasteiger partial charge in [0.15, 0.2) is 0 Å². The smallest absolute Gasteiger partial charge is 0.229 e. The summed E-state index contributed by atoms with van der Waals surface area (Å²) in [5.74, 6) is 1.83. The zero-order valence-electron chi connectivity index (χ0n) is 12.3. The molecule has 0 aliphatic heterocycles. The van der Waals surface area contributed by atoms with Crippen LogP contribution in [-0.4, -0.2) is 41.4 Å². The maximum absolute atomic E-state index is 10.6. The van der Waals surface area contributed by atoms with Crippen molar-refractivity contribution in [2.75, 3.05) is 26.1 Å². The first-order valence-electron chi connectivity index (χ1n) is 6.98. The van der Waals surface area contributed by atoms with Crippen LogP contribution in [0.2, 0.25) is 0 Å². The molecule has 2 atom stereocenters. The number of methoxy groups -OCH3 is 2. The first-order chi connectivity index (χ1) is 9.54. The lowest BCUT2D eigenvalue weighted by Crippen LogP contribution is -2.41. The number of aliphatic hydroxyl groups is 1. The standard InChI is InChI=1S/C14H23N3O3/c1-10-5-4-6-14(18,8-10)9-15-13-16-11(19-2)7-12(17-13)20-3/h7,10,18H,4-6,8-9H2,1-3H3,(H,15,16,17). The zero-order chi connectivity index (χ0) is 14.6. The van der Waals surface area contributed by atoms with Crippen LogP contribution in [-0.2, 0) is 0 Å². The van der Waals surface area contributed by atoms with Gasteiger partial charge in [-0.05, 0) is 18.8 Å². The Hall–Kier alpha value is -1.56. The molecule has 1 heterocycles. The monoisotopic (exact) mass is 281 g/mol. The summed E-state index contributed by atoms with van der Waals surface area (Å²) < 4.78 is 10.2. The normalized spacial score (nSPS) is 26.1. The van der Waals surface area contributed by atoms with Crippen LogP contribution in [0.15, 0.2) is 6.07 Å². The van der Waals surface area contributed by atoms with Crippen LogP contribution in [0.3, 0.4) is 0 Å². The van der Waals surface area contributed by atoms with Crippen molar-refractivity contribution in [2.24, 2.45) is 5.92 Å². The number of anilines is 1. The van der Waals surface area contributed by atoms with E-state index in [0.717, 1.165) is 19.3 Å². The Morgan fingerprint density at radius 1 is 1.35 bits per heavy atom. The predicted octanol–water partition coefficient (Wildman–Crippen LogP) is 1.85. The highest BCUT2D eigenvalue weighted by Crippen LogP contribution is 2.32. The molecule has 2 N–H and O–H groups in total. The maximum Gasteiger partial charge on any atom is 0.229 e. The lowest BCUT2D eigenvalue weighted by atomic mass is 9.79. The lowest BCUT2D eigenvalue weighted by Gasteiger charge is -2.35. The summed E-state index contributed by atoms with van der Waals surface area (Å²) in [4.78, 5) is 8.40. The second-order valence-electron chi connectivity index (χ2n) is 5.56. The van der Waals surface area contributed by atoms with Crippen molar-refractivity contribution in [1.82, 2.24) is 9.97 Å². The average Bonchev–Trinajstić information content (AvgIpc) is 2.44. The minimum absolute atomic E-state index is 0.410. The second-order valence-corrected chi connectivity index (χ2v) is 5.56. The Morgan fingerprint density at radius 2 is 2.00 bits per heavy atom. The molecule has 0 amide bonds. The molecule has 20 heavy (non-hydrogen) atoms. The van der Waals surface area contributed by atoms with Crippen molar-refractivity contribution in [1.29, 1.82) is 0 Å². The fourth-order valence-electron chi connectivity index (χ4n) is 2.73. The van der Waals surface area contributed by atoms with Crippen molar-refractivity contribution in [3.63, 3.8) is 0 Å². The number of nitrogens with zero attached hydrogens (tertiary/aromatic N) is 2. The van der Waals surface area contributed by atoms with E-state index in [0.29, 0.717) is 30.2 Å². The molecule has 6 heteroatoms. The van der Waals surface area contributed by atoms with Gasteiger partial charge in [0, 0.05) is 6.54 Å². The predicted molar refractivity (Wildman–Crippen MR) is 76.2 cm³/mol. The number of aromatic nitrogens is 2. The highest BCUT2D eigenvalue weighted by molar-refractivity contribution is 5.34. The summed E-state index contributed by atoms with van der Waals surface area (Å²) in [6.07, 6.45) is 3.86. The molecular weight excluding hydrogens is 258 g/mol. The summed E-state index contributed by atoms with van der Waals surface area (Å²) in [7, 11) is 3.09. The van der Waals surface area contributed by atoms with Crippen LogP contribution in [0.1, 0.15) is 32.6 Å². The Balaban J connectivity index is 2.02. The van der Waals surface area contributed by atoms with E-state index < -0.39 is 5.60 Å². The SMILES string of the molecule is COc1cc(OC)nc(NCC2(O)CCCC(C)C2)n1. The highest BCUT2D eigenvalue weighted by Gasteiger charge is 2.32. The van der Waals surface area contributed by atoms with Crippen LogP contribution >= 0.6 is 0 Å². The van der Waals surface area contributed by atoms with E-state index in [4.69, 9.17) is 9.47 Å². The van der Waals surface area contributed by atoms with Crippen LogP contribution < -0.4 is 14.8 Å². The minimum atomic E-state index is -0.683. The van der Waals surface area contributed by atoms with Gasteiger partial charge >= 0.3 is 0 Å². The Labute approximate surface area is 119 Å². The second kappa shape index (κ2) is 6.26. The van der Waals surface area contributed by atoms with E-state index in [2.05, 4.69) is 22.2 Å². The molecule has 0 saturated heterocycles. The zero-order valence-corrected chi connectivity index (χ0v) is 12.3. The molecule has 1 aromatic heterocycles. The van der Waals surface area contributed by atoms with Crippen LogP contribution in [0.25, 0.3) is 0 Å². The molecule has 1 aromatic rings. The number of hydrogen-bond acceptors (Lipinski definition) is 6. The highest BCUT2D eigenvalue weighted by atomic mass is 16.5. The molecule has 112 valence electrons.